The van der Waals surface area contributed by atoms with Crippen LogP contribution in [0.3, 0.4) is 0 Å². The number of furan rings is 1. The van der Waals surface area contributed by atoms with Crippen molar-refractivity contribution < 1.29 is 13.6 Å². The highest BCUT2D eigenvalue weighted by molar-refractivity contribution is 5.99. The molecule has 0 spiro atoms. The number of carbonyl (C=O) groups is 1. The van der Waals surface area contributed by atoms with Crippen molar-refractivity contribution in [2.75, 3.05) is 26.2 Å². The van der Waals surface area contributed by atoms with Crippen LogP contribution in [0.1, 0.15) is 29.8 Å². The van der Waals surface area contributed by atoms with Gasteiger partial charge in [0.15, 0.2) is 5.76 Å². The Morgan fingerprint density at radius 3 is 2.46 bits per heavy atom. The SMILES string of the molecule is Cc1cnc(-n2ncc(C(=O)N3CCN(C(C)C)CC3)c2-c2ccco2)nc1-c1ccc(F)cc1. The first-order valence-corrected chi connectivity index (χ1v) is 11.7. The van der Waals surface area contributed by atoms with Gasteiger partial charge < -0.3 is 9.32 Å². The molecular formula is C26H27FN6O2. The second-order valence-electron chi connectivity index (χ2n) is 8.93. The molecule has 0 bridgehead atoms. The van der Waals surface area contributed by atoms with Crippen LogP contribution in [0, 0.1) is 12.7 Å². The Labute approximate surface area is 203 Å². The molecule has 9 heteroatoms. The van der Waals surface area contributed by atoms with E-state index in [4.69, 9.17) is 9.40 Å². The Hall–Kier alpha value is -3.85. The van der Waals surface area contributed by atoms with Crippen LogP contribution in [0.4, 0.5) is 4.39 Å². The van der Waals surface area contributed by atoms with Crippen molar-refractivity contribution in [3.63, 3.8) is 0 Å². The van der Waals surface area contributed by atoms with Crippen LogP contribution in [0.5, 0.6) is 0 Å². The molecule has 0 saturated carbocycles. The molecule has 4 heterocycles. The molecule has 1 aromatic carbocycles. The summed E-state index contributed by atoms with van der Waals surface area (Å²) in [6.07, 6.45) is 4.80. The van der Waals surface area contributed by atoms with Crippen LogP contribution in [0.15, 0.2) is 59.5 Å². The Bertz CT molecular complexity index is 1320. The number of aryl methyl sites for hydroxylation is 1. The van der Waals surface area contributed by atoms with E-state index < -0.39 is 0 Å². The number of carbonyl (C=O) groups excluding carboxylic acids is 1. The van der Waals surface area contributed by atoms with Gasteiger partial charge in [-0.25, -0.2) is 14.4 Å². The summed E-state index contributed by atoms with van der Waals surface area (Å²) >= 11 is 0. The average Bonchev–Trinajstić information content (AvgIpc) is 3.55. The van der Waals surface area contributed by atoms with Crippen molar-refractivity contribution in [1.29, 1.82) is 0 Å². The van der Waals surface area contributed by atoms with Crippen LogP contribution in [0.2, 0.25) is 0 Å². The summed E-state index contributed by atoms with van der Waals surface area (Å²) < 4.78 is 20.7. The minimum atomic E-state index is -0.315. The number of nitrogens with zero attached hydrogens (tertiary/aromatic N) is 6. The molecule has 180 valence electrons. The van der Waals surface area contributed by atoms with Gasteiger partial charge in [-0.15, -0.1) is 0 Å². The van der Waals surface area contributed by atoms with Gasteiger partial charge in [-0.1, -0.05) is 0 Å². The number of halogens is 1. The highest BCUT2D eigenvalue weighted by Gasteiger charge is 2.29. The van der Waals surface area contributed by atoms with E-state index in [-0.39, 0.29) is 11.7 Å². The van der Waals surface area contributed by atoms with Gasteiger partial charge in [0.2, 0.25) is 0 Å². The fraction of sp³-hybridized carbons (Fsp3) is 0.308. The Morgan fingerprint density at radius 1 is 1.06 bits per heavy atom. The molecule has 35 heavy (non-hydrogen) atoms. The molecule has 1 fully saturated rings. The zero-order valence-corrected chi connectivity index (χ0v) is 20.0. The van der Waals surface area contributed by atoms with E-state index in [1.807, 2.05) is 11.8 Å². The lowest BCUT2D eigenvalue weighted by molar-refractivity contribution is 0.0596. The highest BCUT2D eigenvalue weighted by atomic mass is 19.1. The van der Waals surface area contributed by atoms with Crippen molar-refractivity contribution in [2.45, 2.75) is 26.8 Å². The number of piperazine rings is 1. The van der Waals surface area contributed by atoms with Gasteiger partial charge in [0.05, 0.1) is 23.7 Å². The first kappa shape index (κ1) is 22.9. The number of aromatic nitrogens is 4. The molecule has 0 unspecified atom stereocenters. The fourth-order valence-corrected chi connectivity index (χ4v) is 4.35. The summed E-state index contributed by atoms with van der Waals surface area (Å²) in [5.41, 5.74) is 3.20. The minimum absolute atomic E-state index is 0.100. The number of rotatable bonds is 5. The molecule has 1 amide bonds. The van der Waals surface area contributed by atoms with Crippen LogP contribution < -0.4 is 0 Å². The number of benzene rings is 1. The van der Waals surface area contributed by atoms with Crippen LogP contribution in [0.25, 0.3) is 28.7 Å². The normalized spacial score (nSPS) is 14.6. The molecule has 0 radical (unpaired) electrons. The van der Waals surface area contributed by atoms with Gasteiger partial charge in [0, 0.05) is 44.0 Å². The van der Waals surface area contributed by atoms with E-state index in [2.05, 4.69) is 28.8 Å². The lowest BCUT2D eigenvalue weighted by Gasteiger charge is -2.36. The van der Waals surface area contributed by atoms with Gasteiger partial charge in [0.25, 0.3) is 11.9 Å². The minimum Gasteiger partial charge on any atom is -0.463 e. The van der Waals surface area contributed by atoms with Crippen molar-refractivity contribution >= 4 is 5.91 Å². The number of amides is 1. The third-order valence-corrected chi connectivity index (χ3v) is 6.35. The second kappa shape index (κ2) is 9.42. The van der Waals surface area contributed by atoms with Crippen molar-refractivity contribution in [3.8, 4) is 28.7 Å². The van der Waals surface area contributed by atoms with E-state index >= 15 is 0 Å². The van der Waals surface area contributed by atoms with E-state index in [0.717, 1.165) is 24.2 Å². The van der Waals surface area contributed by atoms with Gasteiger partial charge >= 0.3 is 0 Å². The summed E-state index contributed by atoms with van der Waals surface area (Å²) in [5.74, 6) is 0.381. The van der Waals surface area contributed by atoms with Crippen LogP contribution in [-0.2, 0) is 0 Å². The molecule has 0 aliphatic carbocycles. The largest absolute Gasteiger partial charge is 0.463 e. The molecular weight excluding hydrogens is 447 g/mol. The molecule has 1 aliphatic heterocycles. The Kier molecular flexibility index (Phi) is 6.17. The predicted octanol–water partition coefficient (Wildman–Crippen LogP) is 4.20. The van der Waals surface area contributed by atoms with Crippen molar-refractivity contribution in [2.24, 2.45) is 0 Å². The van der Waals surface area contributed by atoms with Gasteiger partial charge in [0.1, 0.15) is 11.5 Å². The number of hydrogen-bond acceptors (Lipinski definition) is 6. The monoisotopic (exact) mass is 474 g/mol. The molecule has 4 aromatic rings. The zero-order valence-electron chi connectivity index (χ0n) is 20.0. The summed E-state index contributed by atoms with van der Waals surface area (Å²) in [6.45, 7) is 9.18. The van der Waals surface area contributed by atoms with Gasteiger partial charge in [-0.3, -0.25) is 9.69 Å². The Balaban J connectivity index is 1.53. The molecule has 1 saturated heterocycles. The van der Waals surface area contributed by atoms with Crippen LogP contribution >= 0.6 is 0 Å². The maximum absolute atomic E-state index is 13.5. The molecule has 1 aliphatic rings. The van der Waals surface area contributed by atoms with Crippen molar-refractivity contribution in [3.05, 3.63) is 72.0 Å². The Morgan fingerprint density at radius 2 is 1.80 bits per heavy atom. The third-order valence-electron chi connectivity index (χ3n) is 6.35. The summed E-state index contributed by atoms with van der Waals surface area (Å²) in [7, 11) is 0. The first-order valence-electron chi connectivity index (χ1n) is 11.7. The van der Waals surface area contributed by atoms with Crippen LogP contribution in [-0.4, -0.2) is 67.7 Å². The first-order chi connectivity index (χ1) is 16.9. The molecule has 0 N–H and O–H groups in total. The maximum atomic E-state index is 13.5. The standard InChI is InChI=1S/C26H27FN6O2/c1-17(2)31-10-12-32(13-11-31)25(34)21-16-29-33(24(21)22-5-4-14-35-22)26-28-15-18(3)23(30-26)19-6-8-20(27)9-7-19/h4-9,14-17H,10-13H2,1-3H3. The zero-order chi connectivity index (χ0) is 24.5. The summed E-state index contributed by atoms with van der Waals surface area (Å²) in [5, 5.41) is 4.49. The summed E-state index contributed by atoms with van der Waals surface area (Å²) in [6, 6.07) is 10.2. The summed E-state index contributed by atoms with van der Waals surface area (Å²) in [4.78, 5) is 27.0. The fourth-order valence-electron chi connectivity index (χ4n) is 4.35. The van der Waals surface area contributed by atoms with E-state index in [1.165, 1.54) is 16.8 Å². The molecule has 0 atom stereocenters. The molecule has 8 nitrogen and oxygen atoms in total. The lowest BCUT2D eigenvalue weighted by Crippen LogP contribution is -2.50. The van der Waals surface area contributed by atoms with E-state index in [0.29, 0.717) is 47.8 Å². The lowest BCUT2D eigenvalue weighted by atomic mass is 10.1. The van der Waals surface area contributed by atoms with Crippen molar-refractivity contribution in [1.82, 2.24) is 29.5 Å². The average molecular weight is 475 g/mol. The molecule has 5 rings (SSSR count). The third kappa shape index (κ3) is 4.46. The second-order valence-corrected chi connectivity index (χ2v) is 8.93. The van der Waals surface area contributed by atoms with Gasteiger partial charge in [-0.05, 0) is 62.7 Å². The maximum Gasteiger partial charge on any atom is 0.257 e. The molecule has 3 aromatic heterocycles. The van der Waals surface area contributed by atoms with Gasteiger partial charge in [-0.2, -0.15) is 9.78 Å². The quantitative estimate of drug-likeness (QED) is 0.431. The highest BCUT2D eigenvalue weighted by Crippen LogP contribution is 2.29. The predicted molar refractivity (Wildman–Crippen MR) is 130 cm³/mol. The smallest absolute Gasteiger partial charge is 0.257 e. The van der Waals surface area contributed by atoms with E-state index in [9.17, 15) is 9.18 Å². The number of hydrogen-bond donors (Lipinski definition) is 0. The van der Waals surface area contributed by atoms with E-state index in [1.54, 1.807) is 42.9 Å². The topological polar surface area (TPSA) is 80.3 Å².